The van der Waals surface area contributed by atoms with Crippen LogP contribution in [0.2, 0.25) is 0 Å². The lowest BCUT2D eigenvalue weighted by Gasteiger charge is -2.35. The summed E-state index contributed by atoms with van der Waals surface area (Å²) in [5.41, 5.74) is 1.40. The van der Waals surface area contributed by atoms with E-state index in [4.69, 9.17) is 0 Å². The van der Waals surface area contributed by atoms with Crippen molar-refractivity contribution in [2.24, 2.45) is 5.92 Å². The molecule has 4 heteroatoms. The normalized spacial score (nSPS) is 20.9. The van der Waals surface area contributed by atoms with Gasteiger partial charge in [0.1, 0.15) is 0 Å². The van der Waals surface area contributed by atoms with Crippen molar-refractivity contribution in [2.75, 3.05) is 18.6 Å². The van der Waals surface area contributed by atoms with E-state index >= 15 is 0 Å². The first-order valence-corrected chi connectivity index (χ1v) is 6.36. The third kappa shape index (κ3) is 2.28. The second kappa shape index (κ2) is 4.93. The van der Waals surface area contributed by atoms with Gasteiger partial charge in [0, 0.05) is 12.2 Å². The molecule has 1 fully saturated rings. The number of ether oxygens (including phenoxy) is 1. The van der Waals surface area contributed by atoms with Gasteiger partial charge in [-0.1, -0.05) is 0 Å². The zero-order chi connectivity index (χ0) is 14.0. The highest BCUT2D eigenvalue weighted by Gasteiger charge is 2.41. The first-order valence-electron chi connectivity index (χ1n) is 6.36. The van der Waals surface area contributed by atoms with E-state index in [1.807, 2.05) is 12.1 Å². The molecule has 0 aliphatic carbocycles. The SMILES string of the molecule is COC(=O)c1ccc(N2CCC(C#N)C2(C)C)cc1. The molecule has 0 radical (unpaired) electrons. The van der Waals surface area contributed by atoms with E-state index in [1.165, 1.54) is 7.11 Å². The molecule has 1 aromatic carbocycles. The summed E-state index contributed by atoms with van der Waals surface area (Å²) in [6.07, 6.45) is 0.877. The number of nitrogens with zero attached hydrogens (tertiary/aromatic N) is 2. The molecule has 1 heterocycles. The van der Waals surface area contributed by atoms with E-state index in [9.17, 15) is 10.1 Å². The van der Waals surface area contributed by atoms with Crippen molar-refractivity contribution >= 4 is 11.7 Å². The summed E-state index contributed by atoms with van der Waals surface area (Å²) in [5, 5.41) is 9.18. The topological polar surface area (TPSA) is 53.3 Å². The van der Waals surface area contributed by atoms with E-state index in [0.717, 1.165) is 18.7 Å². The van der Waals surface area contributed by atoms with Crippen LogP contribution in [0.3, 0.4) is 0 Å². The molecule has 0 saturated carbocycles. The van der Waals surface area contributed by atoms with Gasteiger partial charge in [0.15, 0.2) is 0 Å². The number of methoxy groups -OCH3 is 1. The minimum atomic E-state index is -0.331. The number of benzene rings is 1. The second-order valence-corrected chi connectivity index (χ2v) is 5.31. The molecule has 0 amide bonds. The Morgan fingerprint density at radius 1 is 1.42 bits per heavy atom. The number of hydrogen-bond donors (Lipinski definition) is 0. The van der Waals surface area contributed by atoms with Crippen LogP contribution in [0.1, 0.15) is 30.6 Å². The Morgan fingerprint density at radius 3 is 2.53 bits per heavy atom. The fourth-order valence-corrected chi connectivity index (χ4v) is 2.67. The lowest BCUT2D eigenvalue weighted by Crippen LogP contribution is -2.42. The maximum absolute atomic E-state index is 11.4. The molecule has 0 aromatic heterocycles. The average Bonchev–Trinajstić information content (AvgIpc) is 2.72. The summed E-state index contributed by atoms with van der Waals surface area (Å²) in [7, 11) is 1.37. The molecule has 100 valence electrons. The van der Waals surface area contributed by atoms with Crippen molar-refractivity contribution < 1.29 is 9.53 Å². The number of rotatable bonds is 2. The fraction of sp³-hybridized carbons (Fsp3) is 0.467. The summed E-state index contributed by atoms with van der Waals surface area (Å²) in [5.74, 6) is -0.296. The molecule has 0 N–H and O–H groups in total. The number of nitriles is 1. The van der Waals surface area contributed by atoms with Crippen LogP contribution >= 0.6 is 0 Å². The van der Waals surface area contributed by atoms with Crippen LogP contribution in [-0.2, 0) is 4.74 Å². The van der Waals surface area contributed by atoms with Crippen LogP contribution in [-0.4, -0.2) is 25.2 Å². The van der Waals surface area contributed by atoms with Crippen molar-refractivity contribution in [1.29, 1.82) is 5.26 Å². The van der Waals surface area contributed by atoms with Gasteiger partial charge in [0.05, 0.1) is 30.2 Å². The number of hydrogen-bond acceptors (Lipinski definition) is 4. The number of carbonyl (C=O) groups excluding carboxylic acids is 1. The van der Waals surface area contributed by atoms with Crippen molar-refractivity contribution in [3.8, 4) is 6.07 Å². The van der Waals surface area contributed by atoms with E-state index < -0.39 is 0 Å². The summed E-state index contributed by atoms with van der Waals surface area (Å²) >= 11 is 0. The molecule has 2 rings (SSSR count). The smallest absolute Gasteiger partial charge is 0.337 e. The zero-order valence-corrected chi connectivity index (χ0v) is 11.5. The molecule has 1 saturated heterocycles. The van der Waals surface area contributed by atoms with Gasteiger partial charge in [-0.05, 0) is 44.5 Å². The third-order valence-corrected chi connectivity index (χ3v) is 3.95. The Morgan fingerprint density at radius 2 is 2.05 bits per heavy atom. The first kappa shape index (κ1) is 13.4. The maximum Gasteiger partial charge on any atom is 0.337 e. The Balaban J connectivity index is 2.24. The molecular formula is C15H18N2O2. The first-order chi connectivity index (χ1) is 9.00. The summed E-state index contributed by atoms with van der Waals surface area (Å²) in [6, 6.07) is 9.72. The van der Waals surface area contributed by atoms with E-state index in [-0.39, 0.29) is 17.4 Å². The second-order valence-electron chi connectivity index (χ2n) is 5.31. The van der Waals surface area contributed by atoms with Gasteiger partial charge >= 0.3 is 5.97 Å². The molecule has 4 nitrogen and oxygen atoms in total. The standard InChI is InChI=1S/C15H18N2O2/c1-15(2)12(10-16)8-9-17(15)13-6-4-11(5-7-13)14(18)19-3/h4-7,12H,8-9H2,1-3H3. The molecule has 1 aliphatic rings. The number of anilines is 1. The molecule has 1 aromatic rings. The van der Waals surface area contributed by atoms with Crippen molar-refractivity contribution in [2.45, 2.75) is 25.8 Å². The van der Waals surface area contributed by atoms with Gasteiger partial charge in [-0.15, -0.1) is 0 Å². The van der Waals surface area contributed by atoms with Crippen LogP contribution < -0.4 is 4.90 Å². The molecule has 0 spiro atoms. The largest absolute Gasteiger partial charge is 0.465 e. The quantitative estimate of drug-likeness (QED) is 0.765. The van der Waals surface area contributed by atoms with Crippen molar-refractivity contribution in [3.05, 3.63) is 29.8 Å². The minimum Gasteiger partial charge on any atom is -0.465 e. The van der Waals surface area contributed by atoms with Gasteiger partial charge in [-0.2, -0.15) is 5.26 Å². The van der Waals surface area contributed by atoms with Gasteiger partial charge in [-0.3, -0.25) is 0 Å². The molecule has 1 atom stereocenters. The van der Waals surface area contributed by atoms with Gasteiger partial charge in [0.25, 0.3) is 0 Å². The monoisotopic (exact) mass is 258 g/mol. The molecular weight excluding hydrogens is 240 g/mol. The highest BCUT2D eigenvalue weighted by Crippen LogP contribution is 2.37. The summed E-state index contributed by atoms with van der Waals surface area (Å²) in [4.78, 5) is 13.6. The molecule has 1 aliphatic heterocycles. The third-order valence-electron chi connectivity index (χ3n) is 3.95. The zero-order valence-electron chi connectivity index (χ0n) is 11.5. The summed E-state index contributed by atoms with van der Waals surface area (Å²) < 4.78 is 4.68. The Kier molecular flexibility index (Phi) is 3.48. The minimum absolute atomic E-state index is 0.0350. The lowest BCUT2D eigenvalue weighted by molar-refractivity contribution is 0.0601. The Hall–Kier alpha value is -2.02. The number of esters is 1. The highest BCUT2D eigenvalue weighted by molar-refractivity contribution is 5.89. The van der Waals surface area contributed by atoms with Crippen LogP contribution in [0.25, 0.3) is 0 Å². The van der Waals surface area contributed by atoms with Gasteiger partial charge in [-0.25, -0.2) is 4.79 Å². The van der Waals surface area contributed by atoms with Crippen molar-refractivity contribution in [3.63, 3.8) is 0 Å². The molecule has 19 heavy (non-hydrogen) atoms. The Bertz CT molecular complexity index is 514. The summed E-state index contributed by atoms with van der Waals surface area (Å²) in [6.45, 7) is 5.03. The van der Waals surface area contributed by atoms with E-state index in [1.54, 1.807) is 12.1 Å². The predicted octanol–water partition coefficient (Wildman–Crippen LogP) is 2.60. The predicted molar refractivity (Wildman–Crippen MR) is 72.9 cm³/mol. The van der Waals surface area contributed by atoms with E-state index in [0.29, 0.717) is 5.56 Å². The van der Waals surface area contributed by atoms with E-state index in [2.05, 4.69) is 29.6 Å². The van der Waals surface area contributed by atoms with Gasteiger partial charge < -0.3 is 9.64 Å². The molecule has 0 bridgehead atoms. The average molecular weight is 258 g/mol. The van der Waals surface area contributed by atoms with Crippen LogP contribution in [0.15, 0.2) is 24.3 Å². The van der Waals surface area contributed by atoms with Crippen LogP contribution in [0.4, 0.5) is 5.69 Å². The maximum atomic E-state index is 11.4. The lowest BCUT2D eigenvalue weighted by atomic mass is 9.89. The van der Waals surface area contributed by atoms with Gasteiger partial charge in [0.2, 0.25) is 0 Å². The van der Waals surface area contributed by atoms with Crippen molar-refractivity contribution in [1.82, 2.24) is 0 Å². The fourth-order valence-electron chi connectivity index (χ4n) is 2.67. The van der Waals surface area contributed by atoms with Crippen LogP contribution in [0.5, 0.6) is 0 Å². The number of carbonyl (C=O) groups is 1. The molecule has 1 unspecified atom stereocenters. The highest BCUT2D eigenvalue weighted by atomic mass is 16.5. The van der Waals surface area contributed by atoms with Crippen LogP contribution in [0, 0.1) is 17.2 Å². The Labute approximate surface area is 113 Å².